The van der Waals surface area contributed by atoms with Gasteiger partial charge < -0.3 is 15.4 Å². The van der Waals surface area contributed by atoms with Crippen LogP contribution in [0.15, 0.2) is 18.2 Å². The lowest BCUT2D eigenvalue weighted by Crippen LogP contribution is -2.21. The summed E-state index contributed by atoms with van der Waals surface area (Å²) < 4.78 is 5.40. The van der Waals surface area contributed by atoms with Crippen molar-refractivity contribution < 1.29 is 4.74 Å². The highest BCUT2D eigenvalue weighted by Gasteiger charge is 2.09. The molecule has 19 heavy (non-hydrogen) atoms. The van der Waals surface area contributed by atoms with Crippen molar-refractivity contribution in [1.29, 1.82) is 0 Å². The van der Waals surface area contributed by atoms with E-state index in [0.29, 0.717) is 10.9 Å². The molecule has 0 saturated carbocycles. The van der Waals surface area contributed by atoms with Gasteiger partial charge in [-0.25, -0.2) is 0 Å². The second-order valence-electron chi connectivity index (χ2n) is 5.31. The Kier molecular flexibility index (Phi) is 6.25. The summed E-state index contributed by atoms with van der Waals surface area (Å²) in [6.45, 7) is 6.38. The molecule has 0 unspecified atom stereocenters. The zero-order valence-electron chi connectivity index (χ0n) is 12.3. The van der Waals surface area contributed by atoms with E-state index < -0.39 is 0 Å². The van der Waals surface area contributed by atoms with Crippen LogP contribution in [-0.2, 0) is 6.54 Å². The molecule has 0 atom stereocenters. The van der Waals surface area contributed by atoms with Crippen molar-refractivity contribution in [1.82, 2.24) is 4.90 Å². The molecule has 2 N–H and O–H groups in total. The van der Waals surface area contributed by atoms with Gasteiger partial charge in [0.1, 0.15) is 10.7 Å². The van der Waals surface area contributed by atoms with Gasteiger partial charge in [-0.1, -0.05) is 26.1 Å². The van der Waals surface area contributed by atoms with E-state index in [1.807, 2.05) is 18.2 Å². The van der Waals surface area contributed by atoms with Gasteiger partial charge in [0, 0.05) is 17.7 Å². The number of rotatable bonds is 7. The van der Waals surface area contributed by atoms with Gasteiger partial charge in [0.2, 0.25) is 0 Å². The molecule has 0 amide bonds. The SMILES string of the molecule is COc1ccc(C(N)=S)cc1CN(C)CCC(C)C. The lowest BCUT2D eigenvalue weighted by molar-refractivity contribution is 0.297. The first-order valence-corrected chi connectivity index (χ1v) is 7.00. The van der Waals surface area contributed by atoms with Crippen LogP contribution in [0.5, 0.6) is 5.75 Å². The summed E-state index contributed by atoms with van der Waals surface area (Å²) >= 11 is 5.02. The summed E-state index contributed by atoms with van der Waals surface area (Å²) in [5.74, 6) is 1.60. The predicted octanol–water partition coefficient (Wildman–Crippen LogP) is 2.81. The molecule has 106 valence electrons. The van der Waals surface area contributed by atoms with Crippen molar-refractivity contribution in [3.8, 4) is 5.75 Å². The topological polar surface area (TPSA) is 38.5 Å². The first kappa shape index (κ1) is 15.9. The van der Waals surface area contributed by atoms with E-state index in [0.717, 1.165) is 30.0 Å². The van der Waals surface area contributed by atoms with Crippen molar-refractivity contribution in [2.75, 3.05) is 20.7 Å². The first-order chi connectivity index (χ1) is 8.93. The smallest absolute Gasteiger partial charge is 0.123 e. The molecule has 4 heteroatoms. The minimum absolute atomic E-state index is 0.425. The van der Waals surface area contributed by atoms with Crippen LogP contribution < -0.4 is 10.5 Å². The van der Waals surface area contributed by atoms with E-state index >= 15 is 0 Å². The Hall–Kier alpha value is -1.13. The van der Waals surface area contributed by atoms with Crippen LogP contribution in [-0.4, -0.2) is 30.6 Å². The van der Waals surface area contributed by atoms with Gasteiger partial charge in [0.25, 0.3) is 0 Å². The molecule has 3 nitrogen and oxygen atoms in total. The van der Waals surface area contributed by atoms with Gasteiger partial charge in [-0.05, 0) is 44.1 Å². The normalized spacial score (nSPS) is 11.1. The molecule has 1 aromatic rings. The van der Waals surface area contributed by atoms with Gasteiger partial charge in [-0.2, -0.15) is 0 Å². The van der Waals surface area contributed by atoms with E-state index in [1.165, 1.54) is 6.42 Å². The van der Waals surface area contributed by atoms with E-state index in [-0.39, 0.29) is 0 Å². The third-order valence-electron chi connectivity index (χ3n) is 3.09. The maximum Gasteiger partial charge on any atom is 0.123 e. The molecule has 0 aromatic heterocycles. The highest BCUT2D eigenvalue weighted by atomic mass is 32.1. The Balaban J connectivity index is 2.79. The number of thiocarbonyl (C=S) groups is 1. The molecular formula is C15H24N2OS. The monoisotopic (exact) mass is 280 g/mol. The average molecular weight is 280 g/mol. The molecule has 0 saturated heterocycles. The van der Waals surface area contributed by atoms with Crippen molar-refractivity contribution in [3.63, 3.8) is 0 Å². The van der Waals surface area contributed by atoms with E-state index in [4.69, 9.17) is 22.7 Å². The Morgan fingerprint density at radius 2 is 2.11 bits per heavy atom. The summed E-state index contributed by atoms with van der Waals surface area (Å²) in [7, 11) is 3.81. The molecule has 1 aromatic carbocycles. The number of hydrogen-bond donors (Lipinski definition) is 1. The number of nitrogens with zero attached hydrogens (tertiary/aromatic N) is 1. The molecule has 0 heterocycles. The van der Waals surface area contributed by atoms with Crippen molar-refractivity contribution in [2.45, 2.75) is 26.8 Å². The predicted molar refractivity (Wildman–Crippen MR) is 84.7 cm³/mol. The summed E-state index contributed by atoms with van der Waals surface area (Å²) in [5.41, 5.74) is 7.70. The fourth-order valence-electron chi connectivity index (χ4n) is 1.90. The van der Waals surface area contributed by atoms with Crippen molar-refractivity contribution in [3.05, 3.63) is 29.3 Å². The fraction of sp³-hybridized carbons (Fsp3) is 0.533. The van der Waals surface area contributed by atoms with E-state index in [9.17, 15) is 0 Å². The molecule has 0 aliphatic heterocycles. The van der Waals surface area contributed by atoms with Crippen molar-refractivity contribution in [2.24, 2.45) is 11.7 Å². The Morgan fingerprint density at radius 1 is 1.42 bits per heavy atom. The highest BCUT2D eigenvalue weighted by molar-refractivity contribution is 7.80. The minimum atomic E-state index is 0.425. The van der Waals surface area contributed by atoms with Crippen LogP contribution in [0.2, 0.25) is 0 Å². The van der Waals surface area contributed by atoms with E-state index in [2.05, 4.69) is 25.8 Å². The molecule has 0 spiro atoms. The van der Waals surface area contributed by atoms with Crippen LogP contribution in [0.3, 0.4) is 0 Å². The molecule has 0 bridgehead atoms. The molecule has 1 rings (SSSR count). The minimum Gasteiger partial charge on any atom is -0.496 e. The molecule has 0 radical (unpaired) electrons. The fourth-order valence-corrected chi connectivity index (χ4v) is 2.03. The Bertz CT molecular complexity index is 432. The largest absolute Gasteiger partial charge is 0.496 e. The standard InChI is InChI=1S/C15H24N2OS/c1-11(2)7-8-17(3)10-13-9-12(15(16)19)5-6-14(13)18-4/h5-6,9,11H,7-8,10H2,1-4H3,(H2,16,19). The number of nitrogens with two attached hydrogens (primary N) is 1. The highest BCUT2D eigenvalue weighted by Crippen LogP contribution is 2.21. The second-order valence-corrected chi connectivity index (χ2v) is 5.75. The van der Waals surface area contributed by atoms with Crippen LogP contribution in [0.4, 0.5) is 0 Å². The van der Waals surface area contributed by atoms with Gasteiger partial charge in [-0.3, -0.25) is 0 Å². The maximum absolute atomic E-state index is 5.68. The molecular weight excluding hydrogens is 256 g/mol. The quantitative estimate of drug-likeness (QED) is 0.780. The van der Waals surface area contributed by atoms with Gasteiger partial charge in [0.05, 0.1) is 7.11 Å². The Morgan fingerprint density at radius 3 is 2.63 bits per heavy atom. The van der Waals surface area contributed by atoms with Crippen LogP contribution >= 0.6 is 12.2 Å². The Labute approximate surface area is 121 Å². The number of benzene rings is 1. The summed E-state index contributed by atoms with van der Waals surface area (Å²) in [5, 5.41) is 0. The number of hydrogen-bond acceptors (Lipinski definition) is 3. The number of methoxy groups -OCH3 is 1. The van der Waals surface area contributed by atoms with Gasteiger partial charge >= 0.3 is 0 Å². The number of ether oxygens (including phenoxy) is 1. The second kappa shape index (κ2) is 7.46. The van der Waals surface area contributed by atoms with Crippen molar-refractivity contribution >= 4 is 17.2 Å². The third kappa shape index (κ3) is 5.17. The lowest BCUT2D eigenvalue weighted by Gasteiger charge is -2.20. The lowest BCUT2D eigenvalue weighted by atomic mass is 10.1. The summed E-state index contributed by atoms with van der Waals surface area (Å²) in [6.07, 6.45) is 1.19. The van der Waals surface area contributed by atoms with Crippen LogP contribution in [0.25, 0.3) is 0 Å². The van der Waals surface area contributed by atoms with Crippen LogP contribution in [0, 0.1) is 5.92 Å². The molecule has 0 aliphatic rings. The maximum atomic E-state index is 5.68. The average Bonchev–Trinajstić information content (AvgIpc) is 2.36. The zero-order valence-corrected chi connectivity index (χ0v) is 13.1. The summed E-state index contributed by atoms with van der Waals surface area (Å²) in [4.78, 5) is 2.72. The van der Waals surface area contributed by atoms with Gasteiger partial charge in [0.15, 0.2) is 0 Å². The summed E-state index contributed by atoms with van der Waals surface area (Å²) in [6, 6.07) is 5.85. The van der Waals surface area contributed by atoms with Gasteiger partial charge in [-0.15, -0.1) is 0 Å². The van der Waals surface area contributed by atoms with E-state index in [1.54, 1.807) is 7.11 Å². The zero-order chi connectivity index (χ0) is 14.4. The third-order valence-corrected chi connectivity index (χ3v) is 3.33. The molecule has 0 aliphatic carbocycles. The van der Waals surface area contributed by atoms with Crippen LogP contribution in [0.1, 0.15) is 31.4 Å². The molecule has 0 fully saturated rings. The first-order valence-electron chi connectivity index (χ1n) is 6.59.